The maximum Gasteiger partial charge on any atom is 0.261 e. The molecule has 4 rings (SSSR count). The van der Waals surface area contributed by atoms with Crippen molar-refractivity contribution in [1.82, 2.24) is 19.7 Å². The zero-order valence-corrected chi connectivity index (χ0v) is 14.0. The summed E-state index contributed by atoms with van der Waals surface area (Å²) >= 11 is 0. The summed E-state index contributed by atoms with van der Waals surface area (Å²) < 4.78 is 14.8. The Morgan fingerprint density at radius 2 is 1.96 bits per heavy atom. The Bertz CT molecular complexity index is 1050. The third-order valence-electron chi connectivity index (χ3n) is 4.14. The molecule has 0 bridgehead atoms. The van der Waals surface area contributed by atoms with Gasteiger partial charge >= 0.3 is 0 Å². The number of anilines is 1. The minimum Gasteiger partial charge on any atom is -0.324 e. The van der Waals surface area contributed by atoms with Gasteiger partial charge in [0.15, 0.2) is 0 Å². The van der Waals surface area contributed by atoms with Gasteiger partial charge in [-0.3, -0.25) is 10.1 Å². The van der Waals surface area contributed by atoms with Gasteiger partial charge in [0, 0.05) is 0 Å². The third kappa shape index (κ3) is 2.83. The number of fused-ring (bicyclic) bond motifs is 1. The van der Waals surface area contributed by atoms with Gasteiger partial charge in [-0.2, -0.15) is 5.10 Å². The van der Waals surface area contributed by atoms with Crippen molar-refractivity contribution in [3.05, 3.63) is 71.8 Å². The van der Waals surface area contributed by atoms with Gasteiger partial charge in [0.05, 0.1) is 34.2 Å². The van der Waals surface area contributed by atoms with Gasteiger partial charge in [0.1, 0.15) is 5.82 Å². The molecule has 6 nitrogen and oxygen atoms in total. The van der Waals surface area contributed by atoms with Crippen LogP contribution in [0.1, 0.15) is 23.0 Å². The van der Waals surface area contributed by atoms with Crippen LogP contribution < -0.4 is 5.32 Å². The Hall–Kier alpha value is -3.48. The van der Waals surface area contributed by atoms with Crippen molar-refractivity contribution in [1.29, 1.82) is 0 Å². The second-order valence-corrected chi connectivity index (χ2v) is 5.80. The van der Waals surface area contributed by atoms with Gasteiger partial charge in [0.2, 0.25) is 5.95 Å². The molecule has 2 N–H and O–H groups in total. The first-order valence-electron chi connectivity index (χ1n) is 8.24. The summed E-state index contributed by atoms with van der Waals surface area (Å²) in [5, 5.41) is 7.07. The normalized spacial score (nSPS) is 11.0. The molecule has 1 amide bonds. The lowest BCUT2D eigenvalue weighted by Crippen LogP contribution is -2.15. The van der Waals surface area contributed by atoms with Gasteiger partial charge in [-0.25, -0.2) is 14.1 Å². The lowest BCUT2D eigenvalue weighted by atomic mass is 10.2. The zero-order valence-electron chi connectivity index (χ0n) is 14.0. The summed E-state index contributed by atoms with van der Waals surface area (Å²) in [6.07, 6.45) is 2.11. The number of nitrogens with zero attached hydrogens (tertiary/aromatic N) is 3. The van der Waals surface area contributed by atoms with Crippen LogP contribution in [0.5, 0.6) is 0 Å². The van der Waals surface area contributed by atoms with Crippen LogP contribution in [0.2, 0.25) is 0 Å². The number of amides is 1. The number of carbonyl (C=O) groups is 1. The molecule has 0 radical (unpaired) electrons. The number of halogens is 1. The molecule has 0 spiro atoms. The average Bonchev–Trinajstić information content (AvgIpc) is 3.25. The van der Waals surface area contributed by atoms with E-state index in [9.17, 15) is 9.18 Å². The first-order chi connectivity index (χ1) is 12.7. The Morgan fingerprint density at radius 1 is 1.19 bits per heavy atom. The number of imidazole rings is 1. The fourth-order valence-corrected chi connectivity index (χ4v) is 2.90. The number of H-pyrrole nitrogens is 1. The molecule has 2 aromatic carbocycles. The van der Waals surface area contributed by atoms with Crippen molar-refractivity contribution in [2.24, 2.45) is 0 Å². The molecule has 0 aliphatic carbocycles. The standard InChI is InChI=1S/C19H16FN5O/c1-2-17-14(11-21-25(17)13-9-7-12(20)8-10-13)18(26)24-19-22-15-5-3-4-6-16(15)23-19/h3-11H,2H2,1H3,(H2,22,23,24,26). The van der Waals surface area contributed by atoms with Gasteiger partial charge in [0.25, 0.3) is 5.91 Å². The van der Waals surface area contributed by atoms with E-state index in [2.05, 4.69) is 20.4 Å². The van der Waals surface area contributed by atoms with Crippen LogP contribution in [-0.2, 0) is 6.42 Å². The minimum atomic E-state index is -0.318. The van der Waals surface area contributed by atoms with Crippen LogP contribution in [0.3, 0.4) is 0 Å². The molecule has 26 heavy (non-hydrogen) atoms. The summed E-state index contributed by atoms with van der Waals surface area (Å²) in [6.45, 7) is 1.94. The summed E-state index contributed by atoms with van der Waals surface area (Å²) in [5.74, 6) is -0.233. The second-order valence-electron chi connectivity index (χ2n) is 5.80. The molecule has 2 heterocycles. The number of aromatic nitrogens is 4. The van der Waals surface area contributed by atoms with E-state index in [-0.39, 0.29) is 11.7 Å². The molecular formula is C19H16FN5O. The number of hydrogen-bond donors (Lipinski definition) is 2. The van der Waals surface area contributed by atoms with Crippen LogP contribution in [0.25, 0.3) is 16.7 Å². The smallest absolute Gasteiger partial charge is 0.261 e. The lowest BCUT2D eigenvalue weighted by Gasteiger charge is -2.07. The number of hydrogen-bond acceptors (Lipinski definition) is 3. The summed E-state index contributed by atoms with van der Waals surface area (Å²) in [7, 11) is 0. The van der Waals surface area contributed by atoms with Gasteiger partial charge < -0.3 is 4.98 Å². The third-order valence-corrected chi connectivity index (χ3v) is 4.14. The largest absolute Gasteiger partial charge is 0.324 e. The molecule has 4 aromatic rings. The maximum atomic E-state index is 13.1. The van der Waals surface area contributed by atoms with Crippen LogP contribution in [0.15, 0.2) is 54.7 Å². The fourth-order valence-electron chi connectivity index (χ4n) is 2.90. The number of benzene rings is 2. The SMILES string of the molecule is CCc1c(C(=O)Nc2nc3ccccc3[nH]2)cnn1-c1ccc(F)cc1. The van der Waals surface area contributed by atoms with E-state index in [1.807, 2.05) is 31.2 Å². The quantitative estimate of drug-likeness (QED) is 0.590. The number of aromatic amines is 1. The van der Waals surface area contributed by atoms with E-state index in [1.54, 1.807) is 16.8 Å². The summed E-state index contributed by atoms with van der Waals surface area (Å²) in [4.78, 5) is 20.1. The minimum absolute atomic E-state index is 0.297. The first kappa shape index (κ1) is 16.0. The Kier molecular flexibility index (Phi) is 3.96. The summed E-state index contributed by atoms with van der Waals surface area (Å²) in [5.41, 5.74) is 3.52. The Labute approximate surface area is 148 Å². The molecule has 0 saturated carbocycles. The molecule has 0 aliphatic rings. The second kappa shape index (κ2) is 6.44. The van der Waals surface area contributed by atoms with Crippen LogP contribution in [0, 0.1) is 5.82 Å². The lowest BCUT2D eigenvalue weighted by molar-refractivity contribution is 0.102. The van der Waals surface area contributed by atoms with Gasteiger partial charge in [-0.05, 0) is 42.8 Å². The molecule has 0 atom stereocenters. The van der Waals surface area contributed by atoms with E-state index in [0.717, 1.165) is 16.7 Å². The zero-order chi connectivity index (χ0) is 18.1. The number of nitrogens with one attached hydrogen (secondary N) is 2. The molecule has 0 saturated heterocycles. The number of para-hydroxylation sites is 2. The van der Waals surface area contributed by atoms with Crippen molar-refractivity contribution in [3.63, 3.8) is 0 Å². The van der Waals surface area contributed by atoms with E-state index < -0.39 is 0 Å². The fraction of sp³-hybridized carbons (Fsp3) is 0.105. The monoisotopic (exact) mass is 349 g/mol. The van der Waals surface area contributed by atoms with Crippen molar-refractivity contribution >= 4 is 22.9 Å². The van der Waals surface area contributed by atoms with Crippen LogP contribution in [-0.4, -0.2) is 25.7 Å². The van der Waals surface area contributed by atoms with Gasteiger partial charge in [-0.1, -0.05) is 19.1 Å². The molecule has 0 aliphatic heterocycles. The van der Waals surface area contributed by atoms with E-state index in [1.165, 1.54) is 18.3 Å². The Balaban J connectivity index is 1.64. The molecule has 0 fully saturated rings. The van der Waals surface area contributed by atoms with Crippen LogP contribution >= 0.6 is 0 Å². The molecular weight excluding hydrogens is 333 g/mol. The van der Waals surface area contributed by atoms with Crippen molar-refractivity contribution in [2.75, 3.05) is 5.32 Å². The highest BCUT2D eigenvalue weighted by atomic mass is 19.1. The predicted molar refractivity (Wildman–Crippen MR) is 96.9 cm³/mol. The number of carbonyl (C=O) groups excluding carboxylic acids is 1. The van der Waals surface area contributed by atoms with E-state index in [0.29, 0.717) is 23.6 Å². The predicted octanol–water partition coefficient (Wildman–Crippen LogP) is 3.70. The molecule has 130 valence electrons. The van der Waals surface area contributed by atoms with Crippen molar-refractivity contribution in [3.8, 4) is 5.69 Å². The highest BCUT2D eigenvalue weighted by molar-refractivity contribution is 6.04. The topological polar surface area (TPSA) is 75.6 Å². The average molecular weight is 349 g/mol. The highest BCUT2D eigenvalue weighted by Crippen LogP contribution is 2.19. The highest BCUT2D eigenvalue weighted by Gasteiger charge is 2.18. The summed E-state index contributed by atoms with van der Waals surface area (Å²) in [6, 6.07) is 13.5. The van der Waals surface area contributed by atoms with E-state index in [4.69, 9.17) is 0 Å². The van der Waals surface area contributed by atoms with Crippen molar-refractivity contribution in [2.45, 2.75) is 13.3 Å². The number of rotatable bonds is 4. The molecule has 7 heteroatoms. The van der Waals surface area contributed by atoms with E-state index >= 15 is 0 Å². The molecule has 2 aromatic heterocycles. The van der Waals surface area contributed by atoms with Crippen molar-refractivity contribution < 1.29 is 9.18 Å². The van der Waals surface area contributed by atoms with Gasteiger partial charge in [-0.15, -0.1) is 0 Å². The Morgan fingerprint density at radius 3 is 2.69 bits per heavy atom. The van der Waals surface area contributed by atoms with Crippen LogP contribution in [0.4, 0.5) is 10.3 Å². The first-order valence-corrected chi connectivity index (χ1v) is 8.24. The maximum absolute atomic E-state index is 13.1. The molecule has 0 unspecified atom stereocenters.